The van der Waals surface area contributed by atoms with Crippen LogP contribution in [0.5, 0.6) is 0 Å². The molecule has 0 spiro atoms. The molecule has 7 heteroatoms. The number of carbonyl (C=O) groups is 3. The van der Waals surface area contributed by atoms with Crippen molar-refractivity contribution in [2.75, 3.05) is 6.54 Å². The van der Waals surface area contributed by atoms with Gasteiger partial charge in [-0.15, -0.1) is 0 Å². The summed E-state index contributed by atoms with van der Waals surface area (Å²) in [5, 5.41) is 12.0. The van der Waals surface area contributed by atoms with Crippen LogP contribution in [0.4, 0.5) is 0 Å². The van der Waals surface area contributed by atoms with Crippen LogP contribution in [0.2, 0.25) is 0 Å². The molecule has 0 unspecified atom stereocenters. The van der Waals surface area contributed by atoms with Crippen molar-refractivity contribution in [1.82, 2.24) is 10.2 Å². The topological polar surface area (TPSA) is 99.8 Å². The van der Waals surface area contributed by atoms with Crippen LogP contribution in [0.3, 0.4) is 0 Å². The third kappa shape index (κ3) is 3.77. The molecule has 2 N–H and O–H groups in total. The van der Waals surface area contributed by atoms with Gasteiger partial charge in [0, 0.05) is 19.0 Å². The van der Waals surface area contributed by atoms with Gasteiger partial charge in [0.2, 0.25) is 11.8 Å². The Hall–Kier alpha value is -2.31. The summed E-state index contributed by atoms with van der Waals surface area (Å²) >= 11 is 0. The minimum atomic E-state index is -0.755. The zero-order valence-electron chi connectivity index (χ0n) is 13.4. The molecule has 1 atom stereocenters. The van der Waals surface area contributed by atoms with Crippen LogP contribution >= 0.6 is 0 Å². The zero-order chi connectivity index (χ0) is 17.1. The summed E-state index contributed by atoms with van der Waals surface area (Å²) in [4.78, 5) is 37.1. The summed E-state index contributed by atoms with van der Waals surface area (Å²) in [5.41, 5.74) is 0. The van der Waals surface area contributed by atoms with Crippen LogP contribution in [0.1, 0.15) is 37.9 Å². The standard InChI is InChI=1S/C17H22N2O5/c20-15-8-12(9-19(15)10-14-2-1-7-24-14)16(21)18-13-5-3-11(4-6-13)17(22)23/h1-2,7,11-13H,3-6,8-10H2,(H,18,21)(H,22,23)/t11?,12-,13?/m0/s1. The molecule has 0 radical (unpaired) electrons. The van der Waals surface area contributed by atoms with E-state index in [0.717, 1.165) is 0 Å². The molecular weight excluding hydrogens is 312 g/mol. The highest BCUT2D eigenvalue weighted by atomic mass is 16.4. The Morgan fingerprint density at radius 3 is 2.62 bits per heavy atom. The number of carboxylic acids is 1. The second kappa shape index (κ2) is 7.07. The predicted molar refractivity (Wildman–Crippen MR) is 83.8 cm³/mol. The Balaban J connectivity index is 1.48. The summed E-state index contributed by atoms with van der Waals surface area (Å²) in [5.74, 6) is -0.837. The second-order valence-corrected chi connectivity index (χ2v) is 6.65. The van der Waals surface area contributed by atoms with Crippen molar-refractivity contribution in [2.24, 2.45) is 11.8 Å². The van der Waals surface area contributed by atoms with Crippen molar-refractivity contribution in [3.63, 3.8) is 0 Å². The van der Waals surface area contributed by atoms with Crippen molar-refractivity contribution in [1.29, 1.82) is 0 Å². The normalized spacial score (nSPS) is 27.2. The van der Waals surface area contributed by atoms with Crippen molar-refractivity contribution in [3.8, 4) is 0 Å². The maximum atomic E-state index is 12.4. The van der Waals surface area contributed by atoms with E-state index in [4.69, 9.17) is 9.52 Å². The summed E-state index contributed by atoms with van der Waals surface area (Å²) < 4.78 is 5.25. The smallest absolute Gasteiger partial charge is 0.306 e. The number of nitrogens with one attached hydrogen (secondary N) is 1. The number of furan rings is 1. The lowest BCUT2D eigenvalue weighted by Gasteiger charge is -2.27. The quantitative estimate of drug-likeness (QED) is 0.847. The van der Waals surface area contributed by atoms with Gasteiger partial charge >= 0.3 is 5.97 Å². The number of likely N-dealkylation sites (tertiary alicyclic amines) is 1. The van der Waals surface area contributed by atoms with Gasteiger partial charge in [0.1, 0.15) is 5.76 Å². The molecule has 1 saturated heterocycles. The number of aliphatic carboxylic acids is 1. The van der Waals surface area contributed by atoms with Crippen molar-refractivity contribution >= 4 is 17.8 Å². The van der Waals surface area contributed by atoms with Gasteiger partial charge in [0.15, 0.2) is 0 Å². The van der Waals surface area contributed by atoms with Gasteiger partial charge in [-0.1, -0.05) is 0 Å². The van der Waals surface area contributed by atoms with Crippen LogP contribution in [0, 0.1) is 11.8 Å². The molecule has 0 aromatic carbocycles. The number of hydrogen-bond acceptors (Lipinski definition) is 4. The van der Waals surface area contributed by atoms with E-state index in [0.29, 0.717) is 44.5 Å². The monoisotopic (exact) mass is 334 g/mol. The fraction of sp³-hybridized carbons (Fsp3) is 0.588. The van der Waals surface area contributed by atoms with E-state index < -0.39 is 5.97 Å². The Morgan fingerprint density at radius 2 is 2.00 bits per heavy atom. The summed E-state index contributed by atoms with van der Waals surface area (Å²) in [6, 6.07) is 3.59. The van der Waals surface area contributed by atoms with E-state index in [1.807, 2.05) is 6.07 Å². The van der Waals surface area contributed by atoms with E-state index in [2.05, 4.69) is 5.32 Å². The van der Waals surface area contributed by atoms with Crippen LogP contribution in [-0.2, 0) is 20.9 Å². The van der Waals surface area contributed by atoms with Crippen LogP contribution < -0.4 is 5.32 Å². The molecule has 1 aliphatic carbocycles. The molecule has 2 heterocycles. The highest BCUT2D eigenvalue weighted by Crippen LogP contribution is 2.26. The number of amides is 2. The minimum Gasteiger partial charge on any atom is -0.481 e. The van der Waals surface area contributed by atoms with Crippen molar-refractivity contribution < 1.29 is 23.9 Å². The molecule has 24 heavy (non-hydrogen) atoms. The van der Waals surface area contributed by atoms with Gasteiger partial charge in [-0.05, 0) is 37.8 Å². The van der Waals surface area contributed by atoms with Gasteiger partial charge in [-0.2, -0.15) is 0 Å². The number of rotatable bonds is 5. The maximum Gasteiger partial charge on any atom is 0.306 e. The number of hydrogen-bond donors (Lipinski definition) is 2. The summed E-state index contributed by atoms with van der Waals surface area (Å²) in [6.07, 6.45) is 4.33. The molecule has 2 amide bonds. The minimum absolute atomic E-state index is 0.0160. The second-order valence-electron chi connectivity index (χ2n) is 6.65. The van der Waals surface area contributed by atoms with Gasteiger partial charge in [0.05, 0.1) is 24.6 Å². The molecule has 0 bridgehead atoms. The first-order valence-electron chi connectivity index (χ1n) is 8.36. The molecule has 1 aromatic heterocycles. The maximum absolute atomic E-state index is 12.4. The van der Waals surface area contributed by atoms with Gasteiger partial charge in [-0.3, -0.25) is 14.4 Å². The highest BCUT2D eigenvalue weighted by Gasteiger charge is 2.36. The lowest BCUT2D eigenvalue weighted by molar-refractivity contribution is -0.143. The predicted octanol–water partition coefficient (Wildman–Crippen LogP) is 1.39. The molecule has 1 aliphatic heterocycles. The molecule has 7 nitrogen and oxygen atoms in total. The Bertz CT molecular complexity index is 605. The van der Waals surface area contributed by atoms with E-state index >= 15 is 0 Å². The third-order valence-corrected chi connectivity index (χ3v) is 4.93. The van der Waals surface area contributed by atoms with Gasteiger partial charge in [0.25, 0.3) is 0 Å². The molecule has 2 fully saturated rings. The Kier molecular flexibility index (Phi) is 4.87. The van der Waals surface area contributed by atoms with Crippen molar-refractivity contribution in [2.45, 2.75) is 44.7 Å². The Labute approximate surface area is 140 Å². The zero-order valence-corrected chi connectivity index (χ0v) is 13.4. The molecule has 2 aliphatic rings. The van der Waals surface area contributed by atoms with E-state index in [9.17, 15) is 14.4 Å². The highest BCUT2D eigenvalue weighted by molar-refractivity contribution is 5.89. The number of nitrogens with zero attached hydrogens (tertiary/aromatic N) is 1. The first kappa shape index (κ1) is 16.5. The molecule has 1 aromatic rings. The van der Waals surface area contributed by atoms with Crippen LogP contribution in [-0.4, -0.2) is 40.4 Å². The lowest BCUT2D eigenvalue weighted by Crippen LogP contribution is -2.42. The first-order valence-corrected chi connectivity index (χ1v) is 8.36. The molecule has 1 saturated carbocycles. The number of carbonyl (C=O) groups excluding carboxylic acids is 2. The first-order chi connectivity index (χ1) is 11.5. The van der Waals surface area contributed by atoms with E-state index in [-0.39, 0.29) is 36.1 Å². The van der Waals surface area contributed by atoms with Gasteiger partial charge < -0.3 is 19.7 Å². The van der Waals surface area contributed by atoms with Gasteiger partial charge in [-0.25, -0.2) is 0 Å². The van der Waals surface area contributed by atoms with E-state index in [1.54, 1.807) is 17.2 Å². The van der Waals surface area contributed by atoms with Crippen LogP contribution in [0.25, 0.3) is 0 Å². The average molecular weight is 334 g/mol. The Morgan fingerprint density at radius 1 is 1.25 bits per heavy atom. The van der Waals surface area contributed by atoms with E-state index in [1.165, 1.54) is 0 Å². The lowest BCUT2D eigenvalue weighted by atomic mass is 9.86. The largest absolute Gasteiger partial charge is 0.481 e. The molecule has 3 rings (SSSR count). The fourth-order valence-electron chi connectivity index (χ4n) is 3.50. The molecular formula is C17H22N2O5. The number of carboxylic acid groups (broad SMARTS) is 1. The SMILES string of the molecule is O=C(O)C1CCC(NC(=O)[C@H]2CC(=O)N(Cc3ccco3)C2)CC1. The molecule has 130 valence electrons. The van der Waals surface area contributed by atoms with Crippen molar-refractivity contribution in [3.05, 3.63) is 24.2 Å². The third-order valence-electron chi connectivity index (χ3n) is 4.93. The summed E-state index contributed by atoms with van der Waals surface area (Å²) in [7, 11) is 0. The average Bonchev–Trinajstić information content (AvgIpc) is 3.19. The van der Waals surface area contributed by atoms with Crippen LogP contribution in [0.15, 0.2) is 22.8 Å². The fourth-order valence-corrected chi connectivity index (χ4v) is 3.50. The summed E-state index contributed by atoms with van der Waals surface area (Å²) in [6.45, 7) is 0.787.